The number of hydrogen-bond acceptors (Lipinski definition) is 4. The van der Waals surface area contributed by atoms with Gasteiger partial charge in [-0.1, -0.05) is 18.6 Å². The number of halogens is 1. The summed E-state index contributed by atoms with van der Waals surface area (Å²) in [6.45, 7) is 9.05. The van der Waals surface area contributed by atoms with Gasteiger partial charge in [0.2, 0.25) is 0 Å². The molecule has 2 N–H and O–H groups in total. The molecular formula is C23H38IN7. The maximum Gasteiger partial charge on any atom is 0.191 e. The van der Waals surface area contributed by atoms with Crippen molar-refractivity contribution in [1.82, 2.24) is 25.4 Å². The maximum atomic E-state index is 4.42. The summed E-state index contributed by atoms with van der Waals surface area (Å²) < 4.78 is 2.34. The van der Waals surface area contributed by atoms with Crippen LogP contribution in [0.5, 0.6) is 0 Å². The first-order chi connectivity index (χ1) is 14.7. The van der Waals surface area contributed by atoms with Gasteiger partial charge in [0.25, 0.3) is 0 Å². The minimum atomic E-state index is 0. The normalized spacial score (nSPS) is 13.7. The van der Waals surface area contributed by atoms with Gasteiger partial charge < -0.3 is 20.1 Å². The Labute approximate surface area is 204 Å². The van der Waals surface area contributed by atoms with Crippen LogP contribution in [0.2, 0.25) is 0 Å². The Morgan fingerprint density at radius 3 is 2.77 bits per heavy atom. The smallest absolute Gasteiger partial charge is 0.191 e. The number of fused-ring (bicyclic) bond motifs is 1. The van der Waals surface area contributed by atoms with Crippen LogP contribution >= 0.6 is 24.0 Å². The largest absolute Gasteiger partial charge is 0.370 e. The van der Waals surface area contributed by atoms with Crippen molar-refractivity contribution in [2.75, 3.05) is 38.1 Å². The van der Waals surface area contributed by atoms with Gasteiger partial charge in [-0.15, -0.1) is 34.2 Å². The second-order valence-electron chi connectivity index (χ2n) is 7.94. The monoisotopic (exact) mass is 539 g/mol. The lowest BCUT2D eigenvalue weighted by Crippen LogP contribution is -2.42. The van der Waals surface area contributed by atoms with E-state index in [9.17, 15) is 0 Å². The van der Waals surface area contributed by atoms with Crippen molar-refractivity contribution in [3.8, 4) is 0 Å². The van der Waals surface area contributed by atoms with Gasteiger partial charge in [-0.2, -0.15) is 0 Å². The van der Waals surface area contributed by atoms with Crippen molar-refractivity contribution in [1.29, 1.82) is 0 Å². The molecule has 2 heterocycles. The predicted octanol–water partition coefficient (Wildman–Crippen LogP) is 3.56. The zero-order valence-corrected chi connectivity index (χ0v) is 21.6. The van der Waals surface area contributed by atoms with Crippen LogP contribution in [0.15, 0.2) is 29.3 Å². The number of nitrogens with zero attached hydrogens (tertiary/aromatic N) is 5. The number of benzene rings is 1. The Morgan fingerprint density at radius 1 is 1.16 bits per heavy atom. The number of hydrogen-bond donors (Lipinski definition) is 2. The van der Waals surface area contributed by atoms with E-state index in [-0.39, 0.29) is 24.0 Å². The fraction of sp³-hybridized carbons (Fsp3) is 0.609. The molecule has 1 aromatic carbocycles. The van der Waals surface area contributed by atoms with Crippen molar-refractivity contribution in [3.63, 3.8) is 0 Å². The van der Waals surface area contributed by atoms with Crippen LogP contribution in [0.25, 0.3) is 0 Å². The average Bonchev–Trinajstić information content (AvgIpc) is 2.98. The molecule has 0 amide bonds. The second-order valence-corrected chi connectivity index (χ2v) is 7.94. The predicted molar refractivity (Wildman–Crippen MR) is 140 cm³/mol. The molecule has 1 aromatic heterocycles. The highest BCUT2D eigenvalue weighted by Crippen LogP contribution is 2.16. The summed E-state index contributed by atoms with van der Waals surface area (Å²) in [5.74, 6) is 3.16. The number of aryl methyl sites for hydroxylation is 3. The Hall–Kier alpha value is -1.84. The molecule has 0 atom stereocenters. The first kappa shape index (κ1) is 25.4. The number of anilines is 1. The molecule has 2 aromatic rings. The molecule has 0 saturated carbocycles. The molecule has 0 spiro atoms. The third-order valence-electron chi connectivity index (χ3n) is 5.70. The Kier molecular flexibility index (Phi) is 11.1. The van der Waals surface area contributed by atoms with E-state index in [1.807, 2.05) is 7.05 Å². The van der Waals surface area contributed by atoms with E-state index in [2.05, 4.69) is 73.4 Å². The lowest BCUT2D eigenvalue weighted by atomic mass is 10.2. The third-order valence-corrected chi connectivity index (χ3v) is 5.70. The molecule has 3 rings (SSSR count). The van der Waals surface area contributed by atoms with Crippen LogP contribution in [0, 0.1) is 6.92 Å². The van der Waals surface area contributed by atoms with Crippen molar-refractivity contribution < 1.29 is 0 Å². The summed E-state index contributed by atoms with van der Waals surface area (Å²) in [6.07, 6.45) is 6.81. The summed E-state index contributed by atoms with van der Waals surface area (Å²) in [5.41, 5.74) is 2.57. The molecule has 0 radical (unpaired) electrons. The molecule has 8 heteroatoms. The highest BCUT2D eigenvalue weighted by Gasteiger charge is 2.14. The van der Waals surface area contributed by atoms with Crippen LogP contribution in [0.4, 0.5) is 5.69 Å². The van der Waals surface area contributed by atoms with Gasteiger partial charge in [-0.05, 0) is 50.8 Å². The Morgan fingerprint density at radius 2 is 2.00 bits per heavy atom. The lowest BCUT2D eigenvalue weighted by Gasteiger charge is -2.24. The summed E-state index contributed by atoms with van der Waals surface area (Å²) >= 11 is 0. The van der Waals surface area contributed by atoms with Crippen LogP contribution < -0.4 is 15.5 Å². The van der Waals surface area contributed by atoms with E-state index >= 15 is 0 Å². The van der Waals surface area contributed by atoms with E-state index in [0.717, 1.165) is 63.8 Å². The van der Waals surface area contributed by atoms with Crippen LogP contribution in [0.1, 0.15) is 49.8 Å². The summed E-state index contributed by atoms with van der Waals surface area (Å²) in [7, 11) is 1.83. The minimum Gasteiger partial charge on any atom is -0.370 e. The Balaban J connectivity index is 0.00000341. The lowest BCUT2D eigenvalue weighted by molar-refractivity contribution is 0.593. The first-order valence-corrected chi connectivity index (χ1v) is 11.4. The maximum absolute atomic E-state index is 4.42. The topological polar surface area (TPSA) is 70.4 Å². The number of aromatic nitrogens is 3. The van der Waals surface area contributed by atoms with Gasteiger partial charge in [0, 0.05) is 58.3 Å². The van der Waals surface area contributed by atoms with Gasteiger partial charge in [0.1, 0.15) is 11.6 Å². The average molecular weight is 540 g/mol. The van der Waals surface area contributed by atoms with Crippen molar-refractivity contribution in [2.24, 2.45) is 4.99 Å². The zero-order chi connectivity index (χ0) is 21.2. The fourth-order valence-electron chi connectivity index (χ4n) is 4.01. The van der Waals surface area contributed by atoms with Gasteiger partial charge in [0.15, 0.2) is 5.96 Å². The third kappa shape index (κ3) is 7.66. The fourth-order valence-corrected chi connectivity index (χ4v) is 4.01. The highest BCUT2D eigenvalue weighted by atomic mass is 127. The first-order valence-electron chi connectivity index (χ1n) is 11.4. The van der Waals surface area contributed by atoms with E-state index < -0.39 is 0 Å². The van der Waals surface area contributed by atoms with Gasteiger partial charge >= 0.3 is 0 Å². The SMILES string of the molecule is CCN(CCNC(=NC)NCCCc1nnc2n1CCCCC2)c1cccc(C)c1.I. The van der Waals surface area contributed by atoms with Crippen LogP contribution in [-0.2, 0) is 19.4 Å². The van der Waals surface area contributed by atoms with Crippen molar-refractivity contribution in [3.05, 3.63) is 41.5 Å². The van der Waals surface area contributed by atoms with Crippen molar-refractivity contribution >= 4 is 35.6 Å². The standard InChI is InChI=1S/C23H37N7.HI/c1-4-29(20-11-8-10-19(2)18-20)17-15-26-23(24-3)25-14-9-13-22-28-27-21-12-6-5-7-16-30(21)22;/h8,10-11,18H,4-7,9,12-17H2,1-3H3,(H2,24,25,26);1H. The molecule has 0 fully saturated rings. The van der Waals surface area contributed by atoms with Crippen LogP contribution in [-0.4, -0.2) is 54.0 Å². The molecule has 1 aliphatic rings. The highest BCUT2D eigenvalue weighted by molar-refractivity contribution is 14.0. The number of rotatable bonds is 9. The molecule has 0 aliphatic carbocycles. The minimum absolute atomic E-state index is 0. The number of guanidine groups is 1. The number of likely N-dealkylation sites (N-methyl/N-ethyl adjacent to an activating group) is 1. The summed E-state index contributed by atoms with van der Waals surface area (Å²) in [6, 6.07) is 8.67. The van der Waals surface area contributed by atoms with Crippen molar-refractivity contribution in [2.45, 2.75) is 58.9 Å². The molecule has 1 aliphatic heterocycles. The van der Waals surface area contributed by atoms with Gasteiger partial charge in [-0.3, -0.25) is 4.99 Å². The van der Waals surface area contributed by atoms with Gasteiger partial charge in [0.05, 0.1) is 0 Å². The van der Waals surface area contributed by atoms with E-state index in [1.54, 1.807) is 0 Å². The van der Waals surface area contributed by atoms with E-state index in [0.29, 0.717) is 0 Å². The number of nitrogens with one attached hydrogen (secondary N) is 2. The van der Waals surface area contributed by atoms with E-state index in [4.69, 9.17) is 0 Å². The van der Waals surface area contributed by atoms with Gasteiger partial charge in [-0.25, -0.2) is 0 Å². The number of aliphatic imine (C=N–C) groups is 1. The van der Waals surface area contributed by atoms with Crippen LogP contribution in [0.3, 0.4) is 0 Å². The molecule has 172 valence electrons. The quantitative estimate of drug-likeness (QED) is 0.221. The molecule has 7 nitrogen and oxygen atoms in total. The molecule has 0 saturated heterocycles. The van der Waals surface area contributed by atoms with E-state index in [1.165, 1.54) is 36.3 Å². The summed E-state index contributed by atoms with van der Waals surface area (Å²) in [5, 5.41) is 15.7. The molecular weight excluding hydrogens is 501 g/mol. The zero-order valence-electron chi connectivity index (χ0n) is 19.2. The molecule has 0 bridgehead atoms. The Bertz CT molecular complexity index is 818. The second kappa shape index (κ2) is 13.5. The molecule has 0 unspecified atom stereocenters. The molecule has 31 heavy (non-hydrogen) atoms. The summed E-state index contributed by atoms with van der Waals surface area (Å²) in [4.78, 5) is 6.74.